The zero-order valence-electron chi connectivity index (χ0n) is 12.5. The summed E-state index contributed by atoms with van der Waals surface area (Å²) >= 11 is 0. The van der Waals surface area contributed by atoms with E-state index < -0.39 is 0 Å². The van der Waals surface area contributed by atoms with Crippen molar-refractivity contribution in [3.05, 3.63) is 48.0 Å². The van der Waals surface area contributed by atoms with Crippen molar-refractivity contribution in [1.82, 2.24) is 14.9 Å². The number of imidazole rings is 1. The van der Waals surface area contributed by atoms with Gasteiger partial charge in [-0.3, -0.25) is 0 Å². The molecule has 0 amide bonds. The maximum atomic E-state index is 5.82. The molecule has 20 heavy (non-hydrogen) atoms. The fourth-order valence-corrected chi connectivity index (χ4v) is 2.04. The highest BCUT2D eigenvalue weighted by atomic mass is 16.5. The summed E-state index contributed by atoms with van der Waals surface area (Å²) in [6.45, 7) is 5.86. The third-order valence-electron chi connectivity index (χ3n) is 3.35. The Kier molecular flexibility index (Phi) is 5.18. The van der Waals surface area contributed by atoms with Crippen molar-refractivity contribution < 1.29 is 4.74 Å². The molecule has 0 bridgehead atoms. The molecule has 2 rings (SSSR count). The number of nitrogens with zero attached hydrogens (tertiary/aromatic N) is 2. The first-order valence-electron chi connectivity index (χ1n) is 7.13. The summed E-state index contributed by atoms with van der Waals surface area (Å²) in [5, 5.41) is 3.48. The van der Waals surface area contributed by atoms with Crippen molar-refractivity contribution in [2.45, 2.75) is 32.9 Å². The topological polar surface area (TPSA) is 39.1 Å². The van der Waals surface area contributed by atoms with E-state index >= 15 is 0 Å². The highest BCUT2D eigenvalue weighted by Crippen LogP contribution is 2.19. The van der Waals surface area contributed by atoms with Crippen LogP contribution < -0.4 is 10.1 Å². The quantitative estimate of drug-likeness (QED) is 0.842. The third-order valence-corrected chi connectivity index (χ3v) is 3.35. The van der Waals surface area contributed by atoms with Gasteiger partial charge in [-0.05, 0) is 37.6 Å². The maximum absolute atomic E-state index is 5.82. The number of aromatic nitrogens is 2. The molecule has 1 unspecified atom stereocenters. The summed E-state index contributed by atoms with van der Waals surface area (Å²) in [5.41, 5.74) is 1.25. The lowest BCUT2D eigenvalue weighted by Gasteiger charge is -2.15. The van der Waals surface area contributed by atoms with Gasteiger partial charge in [0.25, 0.3) is 0 Å². The van der Waals surface area contributed by atoms with Gasteiger partial charge < -0.3 is 14.6 Å². The van der Waals surface area contributed by atoms with Crippen LogP contribution in [0.1, 0.15) is 37.7 Å². The average Bonchev–Trinajstić information content (AvgIpc) is 2.88. The van der Waals surface area contributed by atoms with Crippen LogP contribution in [0.15, 0.2) is 36.7 Å². The molecule has 0 spiro atoms. The minimum atomic E-state index is 0.340. The largest absolute Gasteiger partial charge is 0.486 e. The van der Waals surface area contributed by atoms with Gasteiger partial charge in [0.2, 0.25) is 0 Å². The molecule has 1 aromatic carbocycles. The van der Waals surface area contributed by atoms with Crippen molar-refractivity contribution in [1.29, 1.82) is 0 Å². The van der Waals surface area contributed by atoms with Crippen LogP contribution >= 0.6 is 0 Å². The summed E-state index contributed by atoms with van der Waals surface area (Å²) < 4.78 is 7.78. The molecule has 108 valence electrons. The van der Waals surface area contributed by atoms with Crippen LogP contribution in [0, 0.1) is 0 Å². The van der Waals surface area contributed by atoms with E-state index in [1.807, 2.05) is 29.9 Å². The lowest BCUT2D eigenvalue weighted by molar-refractivity contribution is 0.291. The Bertz CT molecular complexity index is 536. The molecule has 4 heteroatoms. The van der Waals surface area contributed by atoms with Crippen LogP contribution in [-0.4, -0.2) is 16.1 Å². The molecule has 0 saturated carbocycles. The summed E-state index contributed by atoms with van der Waals surface area (Å²) in [7, 11) is 1.97. The summed E-state index contributed by atoms with van der Waals surface area (Å²) in [4.78, 5) is 4.25. The molecule has 0 aliphatic rings. The smallest absolute Gasteiger partial charge is 0.146 e. The maximum Gasteiger partial charge on any atom is 0.146 e. The Morgan fingerprint density at radius 1 is 1.40 bits per heavy atom. The van der Waals surface area contributed by atoms with Gasteiger partial charge >= 0.3 is 0 Å². The van der Waals surface area contributed by atoms with Crippen LogP contribution in [0.3, 0.4) is 0 Å². The molecular weight excluding hydrogens is 250 g/mol. The lowest BCUT2D eigenvalue weighted by atomic mass is 10.1. The Hall–Kier alpha value is -1.81. The number of ether oxygens (including phenoxy) is 1. The van der Waals surface area contributed by atoms with Gasteiger partial charge in [0, 0.05) is 25.5 Å². The van der Waals surface area contributed by atoms with Crippen LogP contribution in [0.5, 0.6) is 5.75 Å². The number of aryl methyl sites for hydroxylation is 1. The first-order chi connectivity index (χ1) is 9.70. The predicted molar refractivity (Wildman–Crippen MR) is 80.7 cm³/mol. The third kappa shape index (κ3) is 3.84. The van der Waals surface area contributed by atoms with Gasteiger partial charge in [0.15, 0.2) is 0 Å². The zero-order chi connectivity index (χ0) is 14.4. The predicted octanol–water partition coefficient (Wildman–Crippen LogP) is 3.06. The van der Waals surface area contributed by atoms with Gasteiger partial charge in [0.1, 0.15) is 18.2 Å². The minimum Gasteiger partial charge on any atom is -0.486 e. The summed E-state index contributed by atoms with van der Waals surface area (Å²) in [5.74, 6) is 1.81. The SMILES string of the molecule is CCCNC(C)c1cccc(OCc2nccn2C)c1. The second kappa shape index (κ2) is 7.10. The second-order valence-corrected chi connectivity index (χ2v) is 4.99. The number of nitrogens with one attached hydrogen (secondary N) is 1. The van der Waals surface area contributed by atoms with Crippen molar-refractivity contribution in [2.24, 2.45) is 7.05 Å². The van der Waals surface area contributed by atoms with Gasteiger partial charge in [-0.25, -0.2) is 4.98 Å². The Balaban J connectivity index is 1.97. The Morgan fingerprint density at radius 3 is 2.95 bits per heavy atom. The van der Waals surface area contributed by atoms with Gasteiger partial charge in [-0.15, -0.1) is 0 Å². The van der Waals surface area contributed by atoms with Crippen molar-refractivity contribution in [2.75, 3.05) is 6.54 Å². The van der Waals surface area contributed by atoms with E-state index in [9.17, 15) is 0 Å². The molecule has 0 aliphatic carbocycles. The number of hydrogen-bond acceptors (Lipinski definition) is 3. The highest BCUT2D eigenvalue weighted by molar-refractivity contribution is 5.30. The molecule has 0 radical (unpaired) electrons. The van der Waals surface area contributed by atoms with E-state index in [1.54, 1.807) is 6.20 Å². The van der Waals surface area contributed by atoms with Gasteiger partial charge in [0.05, 0.1) is 0 Å². The summed E-state index contributed by atoms with van der Waals surface area (Å²) in [6.07, 6.45) is 4.84. The number of benzene rings is 1. The van der Waals surface area contributed by atoms with Gasteiger partial charge in [-0.2, -0.15) is 0 Å². The minimum absolute atomic E-state index is 0.340. The van der Waals surface area contributed by atoms with Crippen LogP contribution in [0.4, 0.5) is 0 Å². The number of hydrogen-bond donors (Lipinski definition) is 1. The molecule has 0 fully saturated rings. The van der Waals surface area contributed by atoms with Gasteiger partial charge in [-0.1, -0.05) is 19.1 Å². The molecule has 1 N–H and O–H groups in total. The first kappa shape index (κ1) is 14.6. The highest BCUT2D eigenvalue weighted by Gasteiger charge is 2.06. The fourth-order valence-electron chi connectivity index (χ4n) is 2.04. The molecule has 1 aromatic heterocycles. The molecule has 0 saturated heterocycles. The molecule has 4 nitrogen and oxygen atoms in total. The first-order valence-corrected chi connectivity index (χ1v) is 7.13. The fraction of sp³-hybridized carbons (Fsp3) is 0.438. The van der Waals surface area contributed by atoms with E-state index in [4.69, 9.17) is 4.74 Å². The second-order valence-electron chi connectivity index (χ2n) is 4.99. The standard InChI is InChI=1S/C16H23N3O/c1-4-8-17-13(2)14-6-5-7-15(11-14)20-12-16-18-9-10-19(16)3/h5-7,9-11,13,17H,4,8,12H2,1-3H3. The molecular formula is C16H23N3O. The van der Waals surface area contributed by atoms with Crippen molar-refractivity contribution in [3.8, 4) is 5.75 Å². The zero-order valence-corrected chi connectivity index (χ0v) is 12.5. The van der Waals surface area contributed by atoms with E-state index in [2.05, 4.69) is 36.3 Å². The summed E-state index contributed by atoms with van der Waals surface area (Å²) in [6, 6.07) is 8.58. The molecule has 1 atom stereocenters. The lowest BCUT2D eigenvalue weighted by Crippen LogP contribution is -2.19. The van der Waals surface area contributed by atoms with E-state index in [1.165, 1.54) is 5.56 Å². The Labute approximate surface area is 120 Å². The van der Waals surface area contributed by atoms with Crippen LogP contribution in [0.2, 0.25) is 0 Å². The van der Waals surface area contributed by atoms with Crippen molar-refractivity contribution >= 4 is 0 Å². The number of rotatable bonds is 7. The van der Waals surface area contributed by atoms with E-state index in [0.717, 1.165) is 24.5 Å². The monoisotopic (exact) mass is 273 g/mol. The van der Waals surface area contributed by atoms with E-state index in [-0.39, 0.29) is 0 Å². The van der Waals surface area contributed by atoms with Crippen LogP contribution in [0.25, 0.3) is 0 Å². The molecule has 2 aromatic rings. The average molecular weight is 273 g/mol. The van der Waals surface area contributed by atoms with Crippen LogP contribution in [-0.2, 0) is 13.7 Å². The normalized spacial score (nSPS) is 12.3. The molecule has 0 aliphatic heterocycles. The molecule has 1 heterocycles. The van der Waals surface area contributed by atoms with E-state index in [0.29, 0.717) is 12.6 Å². The Morgan fingerprint density at radius 2 is 2.25 bits per heavy atom. The van der Waals surface area contributed by atoms with Crippen molar-refractivity contribution in [3.63, 3.8) is 0 Å².